The van der Waals surface area contributed by atoms with E-state index in [1.165, 1.54) is 6.07 Å². The predicted octanol–water partition coefficient (Wildman–Crippen LogP) is 2.88. The average molecular weight is 288 g/mol. The molecule has 0 fully saturated rings. The number of amides is 2. The smallest absolute Gasteiger partial charge is 0.319 e. The van der Waals surface area contributed by atoms with E-state index in [0.29, 0.717) is 22.7 Å². The van der Waals surface area contributed by atoms with Gasteiger partial charge in [-0.2, -0.15) is 0 Å². The van der Waals surface area contributed by atoms with E-state index in [0.717, 1.165) is 0 Å². The average Bonchev–Trinajstić information content (AvgIpc) is 2.94. The topological polar surface area (TPSA) is 59.6 Å². The molecule has 2 aromatic carbocycles. The van der Waals surface area contributed by atoms with Gasteiger partial charge in [-0.05, 0) is 18.2 Å². The Morgan fingerprint density at radius 2 is 1.95 bits per heavy atom. The van der Waals surface area contributed by atoms with E-state index in [1.807, 2.05) is 0 Å². The standard InChI is InChI=1S/C15H13FN2O3/c16-12-4-2-1-3-10(12)8-17-15(19)18-11-5-6-13-14(7-11)21-9-20-13/h1-7H,8-9H2,(H2,17,18,19). The molecule has 0 atom stereocenters. The summed E-state index contributed by atoms with van der Waals surface area (Å²) in [6.07, 6.45) is 0. The highest BCUT2D eigenvalue weighted by Crippen LogP contribution is 2.34. The quantitative estimate of drug-likeness (QED) is 0.913. The molecule has 0 saturated carbocycles. The summed E-state index contributed by atoms with van der Waals surface area (Å²) in [6.45, 7) is 0.293. The third-order valence-electron chi connectivity index (χ3n) is 3.03. The summed E-state index contributed by atoms with van der Waals surface area (Å²) in [5, 5.41) is 5.25. The molecule has 1 aliphatic heterocycles. The first-order chi connectivity index (χ1) is 10.2. The van der Waals surface area contributed by atoms with Gasteiger partial charge in [0.15, 0.2) is 11.5 Å². The number of fused-ring (bicyclic) bond motifs is 1. The van der Waals surface area contributed by atoms with Gasteiger partial charge < -0.3 is 20.1 Å². The van der Waals surface area contributed by atoms with Crippen LogP contribution in [0.15, 0.2) is 42.5 Å². The number of carbonyl (C=O) groups excluding carboxylic acids is 1. The van der Waals surface area contributed by atoms with Gasteiger partial charge in [0, 0.05) is 23.9 Å². The minimum absolute atomic E-state index is 0.114. The Labute approximate surface area is 120 Å². The van der Waals surface area contributed by atoms with E-state index in [9.17, 15) is 9.18 Å². The molecule has 0 unspecified atom stereocenters. The molecule has 5 nitrogen and oxygen atoms in total. The monoisotopic (exact) mass is 288 g/mol. The number of carbonyl (C=O) groups is 1. The molecule has 21 heavy (non-hydrogen) atoms. The van der Waals surface area contributed by atoms with Crippen LogP contribution >= 0.6 is 0 Å². The molecule has 0 bridgehead atoms. The van der Waals surface area contributed by atoms with E-state index < -0.39 is 6.03 Å². The van der Waals surface area contributed by atoms with E-state index in [2.05, 4.69) is 10.6 Å². The fraction of sp³-hybridized carbons (Fsp3) is 0.133. The number of halogens is 1. The van der Waals surface area contributed by atoms with Crippen molar-refractivity contribution < 1.29 is 18.7 Å². The zero-order valence-corrected chi connectivity index (χ0v) is 11.1. The van der Waals surface area contributed by atoms with Crippen molar-refractivity contribution in [2.45, 2.75) is 6.54 Å². The second-order valence-electron chi connectivity index (χ2n) is 4.47. The molecule has 0 saturated heterocycles. The maximum absolute atomic E-state index is 13.4. The van der Waals surface area contributed by atoms with E-state index in [-0.39, 0.29) is 19.2 Å². The van der Waals surface area contributed by atoms with Crippen molar-refractivity contribution in [3.05, 3.63) is 53.8 Å². The highest BCUT2D eigenvalue weighted by atomic mass is 19.1. The van der Waals surface area contributed by atoms with Crippen LogP contribution in [0.5, 0.6) is 11.5 Å². The number of nitrogens with one attached hydrogen (secondary N) is 2. The molecule has 3 rings (SSSR count). The molecule has 108 valence electrons. The molecule has 0 aromatic heterocycles. The number of ether oxygens (including phenoxy) is 2. The third kappa shape index (κ3) is 3.05. The first-order valence-electron chi connectivity index (χ1n) is 6.40. The van der Waals surface area contributed by atoms with Crippen LogP contribution in [-0.4, -0.2) is 12.8 Å². The van der Waals surface area contributed by atoms with Gasteiger partial charge in [0.25, 0.3) is 0 Å². The van der Waals surface area contributed by atoms with Gasteiger partial charge in [0.2, 0.25) is 6.79 Å². The molecule has 0 radical (unpaired) electrons. The minimum atomic E-state index is -0.419. The van der Waals surface area contributed by atoms with Crippen LogP contribution in [-0.2, 0) is 6.54 Å². The summed E-state index contributed by atoms with van der Waals surface area (Å²) in [7, 11) is 0. The molecule has 1 heterocycles. The first-order valence-corrected chi connectivity index (χ1v) is 6.40. The summed E-state index contributed by atoms with van der Waals surface area (Å²) in [6, 6.07) is 11.0. The van der Waals surface area contributed by atoms with Crippen molar-refractivity contribution in [1.82, 2.24) is 5.32 Å². The van der Waals surface area contributed by atoms with Crippen LogP contribution in [0.3, 0.4) is 0 Å². The van der Waals surface area contributed by atoms with Crippen LogP contribution in [0.4, 0.5) is 14.9 Å². The van der Waals surface area contributed by atoms with Crippen LogP contribution < -0.4 is 20.1 Å². The zero-order chi connectivity index (χ0) is 14.7. The number of hydrogen-bond donors (Lipinski definition) is 2. The Morgan fingerprint density at radius 1 is 1.14 bits per heavy atom. The lowest BCUT2D eigenvalue weighted by molar-refractivity contribution is 0.174. The van der Waals surface area contributed by atoms with Crippen molar-refractivity contribution in [3.8, 4) is 11.5 Å². The lowest BCUT2D eigenvalue weighted by Gasteiger charge is -2.08. The van der Waals surface area contributed by atoms with Crippen molar-refractivity contribution in [2.24, 2.45) is 0 Å². The van der Waals surface area contributed by atoms with Gasteiger partial charge in [-0.15, -0.1) is 0 Å². The molecule has 2 amide bonds. The molecular formula is C15H13FN2O3. The summed E-state index contributed by atoms with van der Waals surface area (Å²) < 4.78 is 23.8. The van der Waals surface area contributed by atoms with Crippen LogP contribution in [0.25, 0.3) is 0 Å². The van der Waals surface area contributed by atoms with Crippen LogP contribution in [0.2, 0.25) is 0 Å². The van der Waals surface area contributed by atoms with Gasteiger partial charge in [0.05, 0.1) is 0 Å². The predicted molar refractivity (Wildman–Crippen MR) is 74.8 cm³/mol. The van der Waals surface area contributed by atoms with E-state index >= 15 is 0 Å². The van der Waals surface area contributed by atoms with Gasteiger partial charge >= 0.3 is 6.03 Å². The number of anilines is 1. The lowest BCUT2D eigenvalue weighted by atomic mass is 10.2. The van der Waals surface area contributed by atoms with Crippen molar-refractivity contribution in [3.63, 3.8) is 0 Å². The largest absolute Gasteiger partial charge is 0.454 e. The molecular weight excluding hydrogens is 275 g/mol. The normalized spacial score (nSPS) is 12.0. The minimum Gasteiger partial charge on any atom is -0.454 e. The summed E-state index contributed by atoms with van der Waals surface area (Å²) >= 11 is 0. The van der Waals surface area contributed by atoms with Crippen LogP contribution in [0, 0.1) is 5.82 Å². The summed E-state index contributed by atoms with van der Waals surface area (Å²) in [4.78, 5) is 11.8. The molecule has 1 aliphatic rings. The molecule has 6 heteroatoms. The van der Waals surface area contributed by atoms with Gasteiger partial charge in [-0.25, -0.2) is 9.18 Å². The van der Waals surface area contributed by atoms with Gasteiger partial charge in [0.1, 0.15) is 5.82 Å². The fourth-order valence-electron chi connectivity index (χ4n) is 1.97. The van der Waals surface area contributed by atoms with Crippen molar-refractivity contribution in [1.29, 1.82) is 0 Å². The maximum Gasteiger partial charge on any atom is 0.319 e. The fourth-order valence-corrected chi connectivity index (χ4v) is 1.97. The third-order valence-corrected chi connectivity index (χ3v) is 3.03. The van der Waals surface area contributed by atoms with Gasteiger partial charge in [-0.3, -0.25) is 0 Å². The van der Waals surface area contributed by atoms with Crippen molar-refractivity contribution in [2.75, 3.05) is 12.1 Å². The highest BCUT2D eigenvalue weighted by molar-refractivity contribution is 5.89. The Morgan fingerprint density at radius 3 is 2.81 bits per heavy atom. The Kier molecular flexibility index (Phi) is 3.59. The molecule has 2 aromatic rings. The SMILES string of the molecule is O=C(NCc1ccccc1F)Nc1ccc2c(c1)OCO2. The molecule has 0 aliphatic carbocycles. The maximum atomic E-state index is 13.4. The summed E-state index contributed by atoms with van der Waals surface area (Å²) in [5.74, 6) is 0.884. The lowest BCUT2D eigenvalue weighted by Crippen LogP contribution is -2.28. The second kappa shape index (κ2) is 5.70. The van der Waals surface area contributed by atoms with E-state index in [4.69, 9.17) is 9.47 Å². The summed E-state index contributed by atoms with van der Waals surface area (Å²) in [5.41, 5.74) is 1.00. The number of hydrogen-bond acceptors (Lipinski definition) is 3. The molecule has 2 N–H and O–H groups in total. The Bertz CT molecular complexity index is 676. The van der Waals surface area contributed by atoms with Crippen molar-refractivity contribution >= 4 is 11.7 Å². The van der Waals surface area contributed by atoms with Crippen LogP contribution in [0.1, 0.15) is 5.56 Å². The number of rotatable bonds is 3. The second-order valence-corrected chi connectivity index (χ2v) is 4.47. The Balaban J connectivity index is 1.58. The number of benzene rings is 2. The molecule has 0 spiro atoms. The first kappa shape index (κ1) is 13.2. The van der Waals surface area contributed by atoms with Gasteiger partial charge in [-0.1, -0.05) is 18.2 Å². The number of urea groups is 1. The van der Waals surface area contributed by atoms with E-state index in [1.54, 1.807) is 36.4 Å². The zero-order valence-electron chi connectivity index (χ0n) is 11.1. The Hall–Kier alpha value is -2.76. The highest BCUT2D eigenvalue weighted by Gasteiger charge is 2.14.